The third-order valence-electron chi connectivity index (χ3n) is 6.62. The summed E-state index contributed by atoms with van der Waals surface area (Å²) in [6, 6.07) is 28.9. The van der Waals surface area contributed by atoms with Gasteiger partial charge in [-0.15, -0.1) is 11.8 Å². The van der Waals surface area contributed by atoms with Crippen LogP contribution < -0.4 is 20.7 Å². The van der Waals surface area contributed by atoms with Crippen LogP contribution >= 0.6 is 11.8 Å². The average Bonchev–Trinajstić information content (AvgIpc) is 3.00. The van der Waals surface area contributed by atoms with E-state index < -0.39 is 11.8 Å². The fourth-order valence-corrected chi connectivity index (χ4v) is 4.94. The van der Waals surface area contributed by atoms with Gasteiger partial charge in [0.1, 0.15) is 11.4 Å². The van der Waals surface area contributed by atoms with Crippen molar-refractivity contribution < 1.29 is 19.1 Å². The van der Waals surface area contributed by atoms with Crippen molar-refractivity contribution in [3.63, 3.8) is 0 Å². The van der Waals surface area contributed by atoms with E-state index in [2.05, 4.69) is 16.0 Å². The van der Waals surface area contributed by atoms with Crippen LogP contribution in [0, 0.1) is 13.8 Å². The van der Waals surface area contributed by atoms with E-state index in [4.69, 9.17) is 4.74 Å². The van der Waals surface area contributed by atoms with Crippen LogP contribution in [0.2, 0.25) is 0 Å². The lowest BCUT2D eigenvalue weighted by Gasteiger charge is -2.15. The summed E-state index contributed by atoms with van der Waals surface area (Å²) in [4.78, 5) is 40.0. The van der Waals surface area contributed by atoms with Gasteiger partial charge < -0.3 is 20.7 Å². The molecule has 7 nitrogen and oxygen atoms in total. The van der Waals surface area contributed by atoms with Crippen molar-refractivity contribution in [2.24, 2.45) is 0 Å². The number of aryl methyl sites for hydroxylation is 1. The van der Waals surface area contributed by atoms with Crippen LogP contribution in [0.1, 0.15) is 34.0 Å². The Morgan fingerprint density at radius 1 is 0.810 bits per heavy atom. The van der Waals surface area contributed by atoms with Gasteiger partial charge in [-0.3, -0.25) is 14.4 Å². The van der Waals surface area contributed by atoms with Crippen molar-refractivity contribution in [3.8, 4) is 5.75 Å². The summed E-state index contributed by atoms with van der Waals surface area (Å²) >= 11 is 1.42. The maximum absolute atomic E-state index is 13.4. The second-order valence-corrected chi connectivity index (χ2v) is 11.0. The van der Waals surface area contributed by atoms with E-state index >= 15 is 0 Å². The van der Waals surface area contributed by atoms with Crippen molar-refractivity contribution in [2.75, 3.05) is 17.7 Å². The lowest BCUT2D eigenvalue weighted by Crippen LogP contribution is -2.30. The fourth-order valence-electron chi connectivity index (χ4n) is 4.08. The van der Waals surface area contributed by atoms with E-state index in [9.17, 15) is 14.4 Å². The summed E-state index contributed by atoms with van der Waals surface area (Å²) in [5.74, 6) is -0.432. The second-order valence-electron chi connectivity index (χ2n) is 9.60. The van der Waals surface area contributed by atoms with Crippen molar-refractivity contribution in [2.45, 2.75) is 30.9 Å². The quantitative estimate of drug-likeness (QED) is 0.141. The first-order valence-corrected chi connectivity index (χ1v) is 14.3. The molecule has 4 rings (SSSR count). The van der Waals surface area contributed by atoms with Gasteiger partial charge in [-0.2, -0.15) is 0 Å². The van der Waals surface area contributed by atoms with Gasteiger partial charge in [-0.05, 0) is 86.5 Å². The number of hydrogen-bond donors (Lipinski definition) is 3. The molecule has 0 bridgehead atoms. The number of hydrogen-bond acceptors (Lipinski definition) is 5. The molecule has 0 spiro atoms. The number of nitrogens with one attached hydrogen (secondary N) is 3. The zero-order chi connectivity index (χ0) is 30.1. The molecule has 0 aliphatic heterocycles. The smallest absolute Gasteiger partial charge is 0.272 e. The molecule has 0 saturated heterocycles. The first-order chi connectivity index (χ1) is 20.2. The van der Waals surface area contributed by atoms with Crippen LogP contribution in [0.3, 0.4) is 0 Å². The molecule has 1 atom stereocenters. The van der Waals surface area contributed by atoms with Crippen molar-refractivity contribution in [1.82, 2.24) is 5.32 Å². The Kier molecular flexibility index (Phi) is 10.2. The van der Waals surface area contributed by atoms with E-state index in [-0.39, 0.29) is 16.9 Å². The van der Waals surface area contributed by atoms with E-state index in [1.165, 1.54) is 11.8 Å². The van der Waals surface area contributed by atoms with Gasteiger partial charge in [0.05, 0.1) is 12.4 Å². The summed E-state index contributed by atoms with van der Waals surface area (Å²) in [5, 5.41) is 8.26. The van der Waals surface area contributed by atoms with Gasteiger partial charge >= 0.3 is 0 Å². The van der Waals surface area contributed by atoms with E-state index in [0.717, 1.165) is 21.7 Å². The number of benzene rings is 4. The minimum absolute atomic E-state index is 0.0588. The Labute approximate surface area is 250 Å². The molecule has 0 radical (unpaired) electrons. The molecule has 0 fully saturated rings. The number of thioether (sulfide) groups is 1. The summed E-state index contributed by atoms with van der Waals surface area (Å²) in [6.07, 6.45) is 1.58. The van der Waals surface area contributed by atoms with Crippen LogP contribution in [-0.2, 0) is 9.59 Å². The third-order valence-corrected chi connectivity index (χ3v) is 7.74. The molecule has 42 heavy (non-hydrogen) atoms. The lowest BCUT2D eigenvalue weighted by atomic mass is 10.1. The Morgan fingerprint density at radius 2 is 1.50 bits per heavy atom. The van der Waals surface area contributed by atoms with Crippen molar-refractivity contribution >= 4 is 46.9 Å². The molecule has 0 saturated carbocycles. The van der Waals surface area contributed by atoms with Crippen molar-refractivity contribution in [1.29, 1.82) is 0 Å². The molecule has 0 aliphatic carbocycles. The molecule has 3 amide bonds. The van der Waals surface area contributed by atoms with Crippen LogP contribution in [0.15, 0.2) is 108 Å². The number of carbonyl (C=O) groups excluding carboxylic acids is 3. The molecule has 0 aromatic heterocycles. The largest absolute Gasteiger partial charge is 0.496 e. The third kappa shape index (κ3) is 7.89. The summed E-state index contributed by atoms with van der Waals surface area (Å²) in [6.45, 7) is 5.85. The number of anilines is 2. The number of amides is 3. The predicted molar refractivity (Wildman–Crippen MR) is 170 cm³/mol. The Hall–Kier alpha value is -4.82. The summed E-state index contributed by atoms with van der Waals surface area (Å²) in [5.41, 5.74) is 4.63. The molecule has 8 heteroatoms. The van der Waals surface area contributed by atoms with Gasteiger partial charge in [0.25, 0.3) is 11.8 Å². The zero-order valence-electron chi connectivity index (χ0n) is 23.9. The predicted octanol–water partition coefficient (Wildman–Crippen LogP) is 6.84. The highest BCUT2D eigenvalue weighted by molar-refractivity contribution is 8.00. The SMILES string of the molecule is COc1ccccc1/C=C(\NC(=O)c1ccccc1)C(=O)Nc1ccc(SC(C)C(=O)Nc2cccc(C)c2C)cc1. The molecule has 4 aromatic carbocycles. The second kappa shape index (κ2) is 14.2. The van der Waals surface area contributed by atoms with E-state index in [1.807, 2.05) is 69.3 Å². The van der Waals surface area contributed by atoms with Crippen LogP contribution in [0.5, 0.6) is 5.75 Å². The highest BCUT2D eigenvalue weighted by Crippen LogP contribution is 2.27. The van der Waals surface area contributed by atoms with Gasteiger partial charge in [0.2, 0.25) is 5.91 Å². The molecule has 3 N–H and O–H groups in total. The number of ether oxygens (including phenoxy) is 1. The van der Waals surface area contributed by atoms with Gasteiger partial charge in [-0.1, -0.05) is 48.5 Å². The number of rotatable bonds is 10. The van der Waals surface area contributed by atoms with Crippen molar-refractivity contribution in [3.05, 3.63) is 125 Å². The van der Waals surface area contributed by atoms with E-state index in [0.29, 0.717) is 22.6 Å². The lowest BCUT2D eigenvalue weighted by molar-refractivity contribution is -0.115. The van der Waals surface area contributed by atoms with Crippen LogP contribution in [0.25, 0.3) is 6.08 Å². The van der Waals surface area contributed by atoms with Crippen LogP contribution in [0.4, 0.5) is 11.4 Å². The minimum atomic E-state index is -0.494. The molecule has 4 aromatic rings. The van der Waals surface area contributed by atoms with Gasteiger partial charge in [-0.25, -0.2) is 0 Å². The molecule has 0 heterocycles. The van der Waals surface area contributed by atoms with Crippen LogP contribution in [-0.4, -0.2) is 30.1 Å². The zero-order valence-corrected chi connectivity index (χ0v) is 24.8. The van der Waals surface area contributed by atoms with Gasteiger partial charge in [0.15, 0.2) is 0 Å². The monoisotopic (exact) mass is 579 g/mol. The standard InChI is InChI=1S/C34H33N3O4S/c1-22-11-10-15-29(23(22)2)36-32(38)24(3)42-28-19-17-27(18-20-28)35-34(40)30(21-26-14-8-9-16-31(26)41-4)37-33(39)25-12-6-5-7-13-25/h5-21,24H,1-4H3,(H,35,40)(H,36,38)(H,37,39)/b30-21-. The Morgan fingerprint density at radius 3 is 2.21 bits per heavy atom. The molecule has 0 aliphatic rings. The maximum Gasteiger partial charge on any atom is 0.272 e. The molecule has 214 valence electrons. The topological polar surface area (TPSA) is 96.5 Å². The highest BCUT2D eigenvalue weighted by atomic mass is 32.2. The van der Waals surface area contributed by atoms with E-state index in [1.54, 1.807) is 61.7 Å². The highest BCUT2D eigenvalue weighted by Gasteiger charge is 2.18. The number of methoxy groups -OCH3 is 1. The molecular formula is C34H33N3O4S. The first-order valence-electron chi connectivity index (χ1n) is 13.4. The Bertz CT molecular complexity index is 1600. The average molecular weight is 580 g/mol. The normalized spacial score (nSPS) is 11.8. The summed E-state index contributed by atoms with van der Waals surface area (Å²) in [7, 11) is 1.54. The van der Waals surface area contributed by atoms with Gasteiger partial charge in [0, 0.05) is 27.4 Å². The first kappa shape index (κ1) is 30.1. The fraction of sp³-hybridized carbons (Fsp3) is 0.147. The maximum atomic E-state index is 13.4. The Balaban J connectivity index is 1.46. The minimum Gasteiger partial charge on any atom is -0.496 e. The molecule has 1 unspecified atom stereocenters. The molecular weight excluding hydrogens is 546 g/mol. The number of carbonyl (C=O) groups is 3. The number of para-hydroxylation sites is 1. The summed E-state index contributed by atoms with van der Waals surface area (Å²) < 4.78 is 5.42.